The molecule has 1 aliphatic heterocycles. The Morgan fingerprint density at radius 2 is 1.93 bits per heavy atom. The van der Waals surface area contributed by atoms with Crippen molar-refractivity contribution >= 4 is 5.97 Å². The maximum Gasteiger partial charge on any atom is 0.335 e. The number of hydrogen-bond acceptors (Lipinski definition) is 2. The number of carboxylic acids is 1. The fraction of sp³-hybridized carbons (Fsp3) is 0.417. The number of benzene rings is 1. The number of carboxylic acid groups (broad SMARTS) is 1. The van der Waals surface area contributed by atoms with Crippen LogP contribution in [0.15, 0.2) is 24.3 Å². The molecule has 1 heterocycles. The maximum absolute atomic E-state index is 10.7. The molecule has 0 aliphatic carbocycles. The van der Waals surface area contributed by atoms with Crippen LogP contribution in [0.4, 0.5) is 0 Å². The first-order valence-electron chi connectivity index (χ1n) is 5.26. The van der Waals surface area contributed by atoms with Crippen molar-refractivity contribution in [3.05, 3.63) is 35.4 Å². The minimum Gasteiger partial charge on any atom is -0.478 e. The lowest BCUT2D eigenvalue weighted by Crippen LogP contribution is -2.38. The molecule has 1 saturated heterocycles. The summed E-state index contributed by atoms with van der Waals surface area (Å²) in [7, 11) is 0. The summed E-state index contributed by atoms with van der Waals surface area (Å²) in [6.45, 7) is 4.47. The van der Waals surface area contributed by atoms with E-state index in [0.29, 0.717) is 11.6 Å². The molecule has 0 radical (unpaired) electrons. The molecule has 1 atom stereocenters. The first-order valence-corrected chi connectivity index (χ1v) is 5.26. The number of aromatic carboxylic acids is 1. The first kappa shape index (κ1) is 10.2. The molecule has 0 amide bonds. The highest BCUT2D eigenvalue weighted by atomic mass is 16.4. The van der Waals surface area contributed by atoms with E-state index in [1.807, 2.05) is 12.1 Å². The van der Waals surface area contributed by atoms with E-state index in [0.717, 1.165) is 13.1 Å². The zero-order chi connectivity index (χ0) is 10.8. The van der Waals surface area contributed by atoms with Crippen LogP contribution in [0.1, 0.15) is 35.3 Å². The Bertz CT molecular complexity index is 354. The van der Waals surface area contributed by atoms with E-state index in [1.54, 1.807) is 12.1 Å². The Morgan fingerprint density at radius 1 is 1.33 bits per heavy atom. The summed E-state index contributed by atoms with van der Waals surface area (Å²) >= 11 is 0. The van der Waals surface area contributed by atoms with Gasteiger partial charge in [0.05, 0.1) is 5.56 Å². The number of likely N-dealkylation sites (tertiary alicyclic amines) is 1. The van der Waals surface area contributed by atoms with E-state index >= 15 is 0 Å². The van der Waals surface area contributed by atoms with Gasteiger partial charge in [-0.2, -0.15) is 0 Å². The second-order valence-corrected chi connectivity index (χ2v) is 3.99. The van der Waals surface area contributed by atoms with Crippen LogP contribution in [0, 0.1) is 0 Å². The molecule has 3 nitrogen and oxygen atoms in total. The van der Waals surface area contributed by atoms with Gasteiger partial charge in [-0.15, -0.1) is 0 Å². The normalized spacial score (nSPS) is 18.2. The molecule has 1 aromatic carbocycles. The smallest absolute Gasteiger partial charge is 0.335 e. The molecule has 0 bridgehead atoms. The third kappa shape index (κ3) is 2.02. The molecule has 1 aliphatic rings. The van der Waals surface area contributed by atoms with Gasteiger partial charge in [0.15, 0.2) is 0 Å². The van der Waals surface area contributed by atoms with Crippen molar-refractivity contribution in [2.24, 2.45) is 0 Å². The van der Waals surface area contributed by atoms with Crippen LogP contribution in [0.5, 0.6) is 0 Å². The monoisotopic (exact) mass is 205 g/mol. The molecule has 1 N–H and O–H groups in total. The van der Waals surface area contributed by atoms with Crippen LogP contribution < -0.4 is 0 Å². The fourth-order valence-corrected chi connectivity index (χ4v) is 1.84. The van der Waals surface area contributed by atoms with Crippen molar-refractivity contribution in [2.45, 2.75) is 19.4 Å². The Labute approximate surface area is 89.3 Å². The highest BCUT2D eigenvalue weighted by Crippen LogP contribution is 2.24. The van der Waals surface area contributed by atoms with Crippen molar-refractivity contribution in [1.29, 1.82) is 0 Å². The van der Waals surface area contributed by atoms with Gasteiger partial charge in [0.1, 0.15) is 0 Å². The Kier molecular flexibility index (Phi) is 2.73. The Hall–Kier alpha value is -1.35. The summed E-state index contributed by atoms with van der Waals surface area (Å²) in [4.78, 5) is 13.1. The molecule has 0 saturated carbocycles. The highest BCUT2D eigenvalue weighted by molar-refractivity contribution is 5.87. The fourth-order valence-electron chi connectivity index (χ4n) is 1.84. The highest BCUT2D eigenvalue weighted by Gasteiger charge is 2.21. The van der Waals surface area contributed by atoms with Crippen LogP contribution in [0.2, 0.25) is 0 Å². The molecule has 0 spiro atoms. The summed E-state index contributed by atoms with van der Waals surface area (Å²) in [6.07, 6.45) is 1.28. The van der Waals surface area contributed by atoms with Crippen LogP contribution in [-0.2, 0) is 0 Å². The van der Waals surface area contributed by atoms with Crippen LogP contribution >= 0.6 is 0 Å². The molecule has 0 aromatic heterocycles. The molecule has 2 rings (SSSR count). The number of rotatable bonds is 3. The lowest BCUT2D eigenvalue weighted by molar-refractivity contribution is 0.0696. The SMILES string of the molecule is C[C@@H](c1ccc(C(=O)O)cc1)N1CCC1. The third-order valence-electron chi connectivity index (χ3n) is 3.08. The summed E-state index contributed by atoms with van der Waals surface area (Å²) in [5, 5.41) is 8.77. The molecule has 80 valence electrons. The topological polar surface area (TPSA) is 40.5 Å². The molecule has 3 heteroatoms. The van der Waals surface area contributed by atoms with Crippen LogP contribution in [0.3, 0.4) is 0 Å². The average molecular weight is 205 g/mol. The quantitative estimate of drug-likeness (QED) is 0.822. The van der Waals surface area contributed by atoms with Gasteiger partial charge in [-0.05, 0) is 44.1 Å². The second-order valence-electron chi connectivity index (χ2n) is 3.99. The summed E-state index contributed by atoms with van der Waals surface area (Å²) in [6, 6.07) is 7.57. The Morgan fingerprint density at radius 3 is 2.33 bits per heavy atom. The van der Waals surface area contributed by atoms with E-state index < -0.39 is 5.97 Å². The predicted molar refractivity (Wildman–Crippen MR) is 58.0 cm³/mol. The van der Waals surface area contributed by atoms with Crippen molar-refractivity contribution in [3.8, 4) is 0 Å². The summed E-state index contributed by atoms with van der Waals surface area (Å²) in [5.74, 6) is -0.863. The predicted octanol–water partition coefficient (Wildman–Crippen LogP) is 2.15. The van der Waals surface area contributed by atoms with Crippen LogP contribution in [0.25, 0.3) is 0 Å². The van der Waals surface area contributed by atoms with Gasteiger partial charge in [-0.1, -0.05) is 12.1 Å². The molecule has 1 fully saturated rings. The third-order valence-corrected chi connectivity index (χ3v) is 3.08. The number of carbonyl (C=O) groups is 1. The summed E-state index contributed by atoms with van der Waals surface area (Å²) < 4.78 is 0. The zero-order valence-corrected chi connectivity index (χ0v) is 8.81. The van der Waals surface area contributed by atoms with Gasteiger partial charge in [0, 0.05) is 6.04 Å². The molecule has 0 unspecified atom stereocenters. The number of hydrogen-bond donors (Lipinski definition) is 1. The van der Waals surface area contributed by atoms with Gasteiger partial charge in [0.2, 0.25) is 0 Å². The zero-order valence-electron chi connectivity index (χ0n) is 8.81. The minimum atomic E-state index is -0.863. The number of nitrogens with zero attached hydrogens (tertiary/aromatic N) is 1. The average Bonchev–Trinajstić information content (AvgIpc) is 2.15. The first-order chi connectivity index (χ1) is 7.18. The van der Waals surface area contributed by atoms with Crippen molar-refractivity contribution in [2.75, 3.05) is 13.1 Å². The molecule has 1 aromatic rings. The minimum absolute atomic E-state index is 0.356. The van der Waals surface area contributed by atoms with E-state index in [9.17, 15) is 4.79 Å². The van der Waals surface area contributed by atoms with E-state index in [4.69, 9.17) is 5.11 Å². The van der Waals surface area contributed by atoms with Gasteiger partial charge in [-0.25, -0.2) is 4.79 Å². The molecule has 15 heavy (non-hydrogen) atoms. The van der Waals surface area contributed by atoms with E-state index in [2.05, 4.69) is 11.8 Å². The Balaban J connectivity index is 2.11. The largest absolute Gasteiger partial charge is 0.478 e. The van der Waals surface area contributed by atoms with Crippen molar-refractivity contribution < 1.29 is 9.90 Å². The van der Waals surface area contributed by atoms with Crippen molar-refractivity contribution in [1.82, 2.24) is 4.90 Å². The van der Waals surface area contributed by atoms with Gasteiger partial charge < -0.3 is 5.11 Å². The summed E-state index contributed by atoms with van der Waals surface area (Å²) in [5.41, 5.74) is 1.55. The lowest BCUT2D eigenvalue weighted by atomic mass is 10.0. The second kappa shape index (κ2) is 4.03. The van der Waals surface area contributed by atoms with E-state index in [-0.39, 0.29) is 0 Å². The van der Waals surface area contributed by atoms with E-state index in [1.165, 1.54) is 12.0 Å². The maximum atomic E-state index is 10.7. The molecular weight excluding hydrogens is 190 g/mol. The molecular formula is C12H15NO2. The van der Waals surface area contributed by atoms with Gasteiger partial charge >= 0.3 is 5.97 Å². The van der Waals surface area contributed by atoms with Gasteiger partial charge in [-0.3, -0.25) is 4.90 Å². The standard InChI is InChI=1S/C12H15NO2/c1-9(13-7-2-8-13)10-3-5-11(6-4-10)12(14)15/h3-6,9H,2,7-8H2,1H3,(H,14,15)/t9-/m0/s1. The van der Waals surface area contributed by atoms with Crippen LogP contribution in [-0.4, -0.2) is 29.1 Å². The lowest BCUT2D eigenvalue weighted by Gasteiger charge is -2.36. The van der Waals surface area contributed by atoms with Crippen molar-refractivity contribution in [3.63, 3.8) is 0 Å². The van der Waals surface area contributed by atoms with Gasteiger partial charge in [0.25, 0.3) is 0 Å².